The Morgan fingerprint density at radius 3 is 2.34 bits per heavy atom. The van der Waals surface area contributed by atoms with E-state index in [-0.39, 0.29) is 35.0 Å². The quantitative estimate of drug-likeness (QED) is 0.488. The molecule has 6 atom stereocenters. The first-order valence-corrected chi connectivity index (χ1v) is 15.8. The molecule has 3 amide bonds. The highest BCUT2D eigenvalue weighted by Gasteiger charge is 2.72. The van der Waals surface area contributed by atoms with E-state index in [4.69, 9.17) is 0 Å². The maximum atomic E-state index is 14.7. The van der Waals surface area contributed by atoms with E-state index >= 15 is 0 Å². The van der Waals surface area contributed by atoms with Crippen molar-refractivity contribution in [2.45, 2.75) is 88.5 Å². The highest BCUT2D eigenvalue weighted by molar-refractivity contribution is 8.02. The van der Waals surface area contributed by atoms with Gasteiger partial charge in [0.15, 0.2) is 0 Å². The number of rotatable bonds is 7. The average molecular weight is 580 g/mol. The number of aliphatic hydroxyl groups excluding tert-OH is 1. The highest BCUT2D eigenvalue weighted by Crippen LogP contribution is 2.61. The van der Waals surface area contributed by atoms with Gasteiger partial charge >= 0.3 is 0 Å². The minimum absolute atomic E-state index is 0.00299. The van der Waals surface area contributed by atoms with Gasteiger partial charge in [-0.2, -0.15) is 0 Å². The topological polar surface area (TPSA) is 81.2 Å². The predicted octanol–water partition coefficient (Wildman–Crippen LogP) is 4.27. The molecule has 1 aromatic rings. The molecular formula is C33H45N3O4S. The first-order valence-electron chi connectivity index (χ1n) is 14.9. The van der Waals surface area contributed by atoms with Crippen LogP contribution in [0.2, 0.25) is 0 Å². The van der Waals surface area contributed by atoms with Crippen LogP contribution in [-0.2, 0) is 20.9 Å². The average Bonchev–Trinajstić information content (AvgIpc) is 3.21. The van der Waals surface area contributed by atoms with Gasteiger partial charge in [0.1, 0.15) is 6.04 Å². The van der Waals surface area contributed by atoms with Crippen LogP contribution >= 0.6 is 11.8 Å². The molecule has 5 rings (SSSR count). The van der Waals surface area contributed by atoms with Gasteiger partial charge in [0, 0.05) is 30.4 Å². The third-order valence-electron chi connectivity index (χ3n) is 9.17. The second-order valence-corrected chi connectivity index (χ2v) is 15.4. The summed E-state index contributed by atoms with van der Waals surface area (Å²) in [4.78, 5) is 49.0. The lowest BCUT2D eigenvalue weighted by Gasteiger charge is -2.45. The van der Waals surface area contributed by atoms with Crippen LogP contribution in [-0.4, -0.2) is 84.8 Å². The fraction of sp³-hybridized carbons (Fsp3) is 0.606. The zero-order valence-electron chi connectivity index (χ0n) is 25.2. The highest BCUT2D eigenvalue weighted by atomic mass is 32.2. The maximum absolute atomic E-state index is 14.7. The minimum atomic E-state index is -0.881. The van der Waals surface area contributed by atoms with Gasteiger partial charge < -0.3 is 19.8 Å². The molecule has 4 heterocycles. The summed E-state index contributed by atoms with van der Waals surface area (Å²) in [6.07, 6.45) is 9.54. The van der Waals surface area contributed by atoms with E-state index in [0.717, 1.165) is 12.0 Å². The van der Waals surface area contributed by atoms with Crippen LogP contribution < -0.4 is 0 Å². The second kappa shape index (κ2) is 10.9. The van der Waals surface area contributed by atoms with Crippen molar-refractivity contribution in [3.63, 3.8) is 0 Å². The maximum Gasteiger partial charge on any atom is 0.247 e. The molecule has 0 radical (unpaired) electrons. The molecule has 4 aliphatic rings. The van der Waals surface area contributed by atoms with Crippen molar-refractivity contribution < 1.29 is 19.5 Å². The smallest absolute Gasteiger partial charge is 0.247 e. The number of amides is 3. The van der Waals surface area contributed by atoms with Gasteiger partial charge in [-0.1, -0.05) is 82.3 Å². The second-order valence-electron chi connectivity index (χ2n) is 13.9. The molecule has 0 aromatic heterocycles. The largest absolute Gasteiger partial charge is 0.394 e. The van der Waals surface area contributed by atoms with Crippen molar-refractivity contribution in [2.24, 2.45) is 17.3 Å². The van der Waals surface area contributed by atoms with E-state index < -0.39 is 34.2 Å². The summed E-state index contributed by atoms with van der Waals surface area (Å²) in [5.41, 5.74) is 0.587. The van der Waals surface area contributed by atoms with Crippen molar-refractivity contribution in [1.29, 1.82) is 0 Å². The lowest BCUT2D eigenvalue weighted by Crippen LogP contribution is -2.60. The van der Waals surface area contributed by atoms with Gasteiger partial charge in [0.05, 0.1) is 29.2 Å². The van der Waals surface area contributed by atoms with Crippen LogP contribution in [0.3, 0.4) is 0 Å². The van der Waals surface area contributed by atoms with Gasteiger partial charge in [-0.25, -0.2) is 0 Å². The molecule has 7 nitrogen and oxygen atoms in total. The standard InChI is InChI=1S/C33H45N3O4S/c1-7-23(20-37)36-27-30(40)35(32(5,6)21-31(2,3)4)18-12-16-33(27)26(29(36)39)25-24(41-33)15-11-17-34(28(25)38)19-22-13-9-8-10-14-22/h8-16,23-27,37H,7,17-21H2,1-6H3/t23-,24+,25-,26-,27?,33-/m0/s1. The van der Waals surface area contributed by atoms with Crippen LogP contribution in [0.25, 0.3) is 0 Å². The van der Waals surface area contributed by atoms with Crippen molar-refractivity contribution in [3.05, 3.63) is 60.2 Å². The van der Waals surface area contributed by atoms with Gasteiger partial charge in [0.2, 0.25) is 17.7 Å². The molecule has 4 aliphatic heterocycles. The van der Waals surface area contributed by atoms with Crippen molar-refractivity contribution in [2.75, 3.05) is 19.7 Å². The van der Waals surface area contributed by atoms with E-state index in [1.807, 2.05) is 59.2 Å². The monoisotopic (exact) mass is 579 g/mol. The Balaban J connectivity index is 1.57. The van der Waals surface area contributed by atoms with E-state index in [9.17, 15) is 19.5 Å². The van der Waals surface area contributed by atoms with Crippen molar-refractivity contribution >= 4 is 29.5 Å². The van der Waals surface area contributed by atoms with Crippen molar-refractivity contribution in [1.82, 2.24) is 14.7 Å². The fourth-order valence-electron chi connectivity index (χ4n) is 7.82. The Morgan fingerprint density at radius 2 is 1.71 bits per heavy atom. The van der Waals surface area contributed by atoms with E-state index in [2.05, 4.69) is 46.8 Å². The summed E-state index contributed by atoms with van der Waals surface area (Å²) in [5, 5.41) is 10.2. The Morgan fingerprint density at radius 1 is 1.00 bits per heavy atom. The Bertz CT molecular complexity index is 1230. The normalized spacial score (nSPS) is 30.7. The molecule has 222 valence electrons. The summed E-state index contributed by atoms with van der Waals surface area (Å²) in [6.45, 7) is 13.8. The predicted molar refractivity (Wildman–Crippen MR) is 163 cm³/mol. The van der Waals surface area contributed by atoms with Gasteiger partial charge in [0.25, 0.3) is 0 Å². The number of likely N-dealkylation sites (tertiary alicyclic amines) is 1. The number of hydrogen-bond acceptors (Lipinski definition) is 5. The van der Waals surface area contributed by atoms with Crippen molar-refractivity contribution in [3.8, 4) is 0 Å². The number of benzene rings is 1. The molecule has 0 aliphatic carbocycles. The van der Waals surface area contributed by atoms with Crippen LogP contribution in [0, 0.1) is 17.3 Å². The van der Waals surface area contributed by atoms with Crippen LogP contribution in [0.4, 0.5) is 0 Å². The van der Waals surface area contributed by atoms with Crippen LogP contribution in [0.5, 0.6) is 0 Å². The summed E-state index contributed by atoms with van der Waals surface area (Å²) in [6, 6.07) is 8.64. The first kappa shape index (κ1) is 29.9. The summed E-state index contributed by atoms with van der Waals surface area (Å²) in [7, 11) is 0. The van der Waals surface area contributed by atoms with Gasteiger partial charge in [-0.05, 0) is 37.7 Å². The van der Waals surface area contributed by atoms with E-state index in [1.54, 1.807) is 16.7 Å². The Kier molecular flexibility index (Phi) is 7.96. The molecule has 1 N–H and O–H groups in total. The third kappa shape index (κ3) is 5.16. The third-order valence-corrected chi connectivity index (χ3v) is 10.9. The SMILES string of the molecule is CC[C@@H](CO)N1C(=O)[C@@H]2[C@H]3C(=O)N(Cc4ccccc4)CC=C[C@H]3S[C@@]23C=CCN(C(C)(C)CC(C)(C)C)C(=O)C13. The van der Waals surface area contributed by atoms with E-state index in [1.165, 1.54) is 0 Å². The molecule has 0 saturated carbocycles. The number of hydrogen-bond donors (Lipinski definition) is 1. The molecule has 8 heteroatoms. The first-order chi connectivity index (χ1) is 19.3. The molecular weight excluding hydrogens is 534 g/mol. The van der Waals surface area contributed by atoms with E-state index in [0.29, 0.717) is 26.1 Å². The number of nitrogens with zero attached hydrogens (tertiary/aromatic N) is 3. The molecule has 2 fully saturated rings. The number of aliphatic hydroxyl groups is 1. The number of fused-ring (bicyclic) bond motifs is 2. The van der Waals surface area contributed by atoms with Crippen LogP contribution in [0.15, 0.2) is 54.6 Å². The molecule has 1 spiro atoms. The fourth-order valence-corrected chi connectivity index (χ4v) is 9.81. The Hall–Kier alpha value is -2.58. The molecule has 2 saturated heterocycles. The zero-order valence-corrected chi connectivity index (χ0v) is 26.1. The molecule has 1 unspecified atom stereocenters. The molecule has 41 heavy (non-hydrogen) atoms. The minimum Gasteiger partial charge on any atom is -0.394 e. The van der Waals surface area contributed by atoms with Gasteiger partial charge in [-0.3, -0.25) is 14.4 Å². The zero-order chi connectivity index (χ0) is 29.7. The lowest BCUT2D eigenvalue weighted by molar-refractivity contribution is -0.149. The van der Waals surface area contributed by atoms with Gasteiger partial charge in [-0.15, -0.1) is 11.8 Å². The number of carbonyl (C=O) groups is 3. The summed E-state index contributed by atoms with van der Waals surface area (Å²) in [5.74, 6) is -1.58. The lowest BCUT2D eigenvalue weighted by atomic mass is 9.77. The Labute approximate surface area is 249 Å². The number of carbonyl (C=O) groups excluding carboxylic acids is 3. The molecule has 1 aromatic carbocycles. The number of thioether (sulfide) groups is 1. The summed E-state index contributed by atoms with van der Waals surface area (Å²) < 4.78 is -0.881. The van der Waals surface area contributed by atoms with Crippen LogP contribution in [0.1, 0.15) is 59.9 Å². The summed E-state index contributed by atoms with van der Waals surface area (Å²) >= 11 is 1.60. The molecule has 0 bridgehead atoms.